The van der Waals surface area contributed by atoms with Gasteiger partial charge in [0.25, 0.3) is 0 Å². The van der Waals surface area contributed by atoms with E-state index in [0.29, 0.717) is 0 Å². The number of rotatable bonds is 0. The molecular formula is C48H28. The maximum absolute atomic E-state index is 2.37. The van der Waals surface area contributed by atoms with Gasteiger partial charge in [0, 0.05) is 0 Å². The average Bonchev–Trinajstić information content (AvgIpc) is 3.15. The van der Waals surface area contributed by atoms with Crippen LogP contribution in [0, 0.1) is 0 Å². The summed E-state index contributed by atoms with van der Waals surface area (Å²) in [4.78, 5) is 0. The summed E-state index contributed by atoms with van der Waals surface area (Å²) < 4.78 is 0. The van der Waals surface area contributed by atoms with Crippen LogP contribution < -0.4 is 0 Å². The predicted molar refractivity (Wildman–Crippen MR) is 207 cm³/mol. The molecule has 0 unspecified atom stereocenters. The smallest absolute Gasteiger partial charge is 0.00201 e. The third kappa shape index (κ3) is 3.44. The number of hydrogen-bond acceptors (Lipinski definition) is 0. The summed E-state index contributed by atoms with van der Waals surface area (Å²) in [5.74, 6) is 0. The molecule has 0 bridgehead atoms. The van der Waals surface area contributed by atoms with Crippen molar-refractivity contribution in [3.8, 4) is 44.5 Å². The van der Waals surface area contributed by atoms with E-state index < -0.39 is 0 Å². The van der Waals surface area contributed by atoms with Crippen molar-refractivity contribution in [3.63, 3.8) is 0 Å². The van der Waals surface area contributed by atoms with Crippen molar-refractivity contribution in [1.29, 1.82) is 0 Å². The van der Waals surface area contributed by atoms with Crippen molar-refractivity contribution in [2.75, 3.05) is 0 Å². The summed E-state index contributed by atoms with van der Waals surface area (Å²) in [7, 11) is 0. The van der Waals surface area contributed by atoms with Gasteiger partial charge in [-0.2, -0.15) is 0 Å². The Labute approximate surface area is 278 Å². The van der Waals surface area contributed by atoms with Crippen LogP contribution in [0.15, 0.2) is 170 Å². The van der Waals surface area contributed by atoms with Crippen LogP contribution in [0.2, 0.25) is 0 Å². The van der Waals surface area contributed by atoms with E-state index in [1.807, 2.05) is 0 Å². The largest absolute Gasteiger partial charge is 0.0616 e. The van der Waals surface area contributed by atoms with Crippen LogP contribution in [0.5, 0.6) is 0 Å². The van der Waals surface area contributed by atoms with Crippen LogP contribution in [0.25, 0.3) is 109 Å². The fourth-order valence-electron chi connectivity index (χ4n) is 8.71. The Bertz CT molecular complexity index is 2790. The molecule has 0 saturated heterocycles. The first-order valence-electron chi connectivity index (χ1n) is 16.8. The lowest BCUT2D eigenvalue weighted by molar-refractivity contribution is 1.56. The van der Waals surface area contributed by atoms with Gasteiger partial charge in [-0.3, -0.25) is 0 Å². The third-order valence-electron chi connectivity index (χ3n) is 10.8. The van der Waals surface area contributed by atoms with Gasteiger partial charge < -0.3 is 0 Å². The highest BCUT2D eigenvalue weighted by Gasteiger charge is 2.25. The Kier molecular flexibility index (Phi) is 5.20. The molecule has 0 aliphatic heterocycles. The molecule has 0 heteroatoms. The molecule has 0 spiro atoms. The van der Waals surface area contributed by atoms with Gasteiger partial charge in [0.15, 0.2) is 0 Å². The lowest BCUT2D eigenvalue weighted by atomic mass is 9.77. The summed E-state index contributed by atoms with van der Waals surface area (Å²) in [6.07, 6.45) is 0. The quantitative estimate of drug-likeness (QED) is 0.151. The Morgan fingerprint density at radius 2 is 0.479 bits per heavy atom. The molecule has 10 aromatic rings. The summed E-state index contributed by atoms with van der Waals surface area (Å²) >= 11 is 0. The van der Waals surface area contributed by atoms with Gasteiger partial charge in [0.2, 0.25) is 0 Å². The molecule has 0 radical (unpaired) electrons. The minimum atomic E-state index is 1.27. The fourth-order valence-corrected chi connectivity index (χ4v) is 8.71. The standard InChI is InChI=1S/C48H28/c1-3-11-31-29(9-1)17-19-37-35(31)21-25-45-39(37)23-27-43-34-14-6-8-16-42(34)48-44(33-13-5-7-15-41(33)47(43)45)28-24-40-38-20-18-30-10-2-4-12-32(30)36(38)22-26-46(40)48/h1-28H. The first-order valence-corrected chi connectivity index (χ1v) is 16.8. The molecule has 0 heterocycles. The van der Waals surface area contributed by atoms with Crippen LogP contribution in [0.3, 0.4) is 0 Å². The highest BCUT2D eigenvalue weighted by atomic mass is 14.3. The lowest BCUT2D eigenvalue weighted by Gasteiger charge is -2.26. The van der Waals surface area contributed by atoms with Crippen LogP contribution in [-0.4, -0.2) is 0 Å². The van der Waals surface area contributed by atoms with Crippen molar-refractivity contribution in [2.24, 2.45) is 0 Å². The molecular weight excluding hydrogens is 577 g/mol. The van der Waals surface area contributed by atoms with E-state index in [-0.39, 0.29) is 0 Å². The second kappa shape index (κ2) is 9.64. The van der Waals surface area contributed by atoms with E-state index in [4.69, 9.17) is 0 Å². The average molecular weight is 605 g/mol. The van der Waals surface area contributed by atoms with Gasteiger partial charge in [-0.25, -0.2) is 0 Å². The van der Waals surface area contributed by atoms with Gasteiger partial charge in [-0.05, 0) is 109 Å². The van der Waals surface area contributed by atoms with Crippen LogP contribution in [-0.2, 0) is 0 Å². The molecule has 11 rings (SSSR count). The minimum absolute atomic E-state index is 1.27. The Morgan fingerprint density at radius 1 is 0.167 bits per heavy atom. The normalized spacial score (nSPS) is 12.2. The molecule has 1 aliphatic rings. The molecule has 220 valence electrons. The van der Waals surface area contributed by atoms with Gasteiger partial charge in [0.05, 0.1) is 0 Å². The minimum Gasteiger partial charge on any atom is -0.0616 e. The van der Waals surface area contributed by atoms with Crippen molar-refractivity contribution in [1.82, 2.24) is 0 Å². The molecule has 0 saturated carbocycles. The molecule has 1 aliphatic carbocycles. The predicted octanol–water partition coefficient (Wildman–Crippen LogP) is 13.6. The molecule has 0 aromatic heterocycles. The zero-order valence-electron chi connectivity index (χ0n) is 26.2. The van der Waals surface area contributed by atoms with E-state index in [0.717, 1.165) is 0 Å². The number of benzene rings is 10. The maximum Gasteiger partial charge on any atom is -0.00201 e. The van der Waals surface area contributed by atoms with Crippen molar-refractivity contribution in [3.05, 3.63) is 170 Å². The summed E-state index contributed by atoms with van der Waals surface area (Å²) in [6, 6.07) is 63.5. The molecule has 0 fully saturated rings. The van der Waals surface area contributed by atoms with E-state index in [1.54, 1.807) is 0 Å². The Morgan fingerprint density at radius 3 is 0.958 bits per heavy atom. The Hall–Kier alpha value is -6.24. The van der Waals surface area contributed by atoms with Crippen molar-refractivity contribution < 1.29 is 0 Å². The topological polar surface area (TPSA) is 0 Å². The molecule has 0 atom stereocenters. The lowest BCUT2D eigenvalue weighted by Crippen LogP contribution is -1.99. The molecule has 0 N–H and O–H groups in total. The second-order valence-electron chi connectivity index (χ2n) is 13.2. The summed E-state index contributed by atoms with van der Waals surface area (Å²) in [5.41, 5.74) is 10.3. The van der Waals surface area contributed by atoms with Gasteiger partial charge in [0.1, 0.15) is 0 Å². The summed E-state index contributed by atoms with van der Waals surface area (Å²) in [6.45, 7) is 0. The van der Waals surface area contributed by atoms with Gasteiger partial charge in [-0.1, -0.05) is 170 Å². The van der Waals surface area contributed by atoms with E-state index in [1.165, 1.54) is 109 Å². The van der Waals surface area contributed by atoms with Crippen LogP contribution in [0.4, 0.5) is 0 Å². The van der Waals surface area contributed by atoms with Crippen LogP contribution >= 0.6 is 0 Å². The second-order valence-corrected chi connectivity index (χ2v) is 13.2. The molecule has 10 aromatic carbocycles. The molecule has 48 heavy (non-hydrogen) atoms. The monoisotopic (exact) mass is 604 g/mol. The number of hydrogen-bond donors (Lipinski definition) is 0. The van der Waals surface area contributed by atoms with E-state index >= 15 is 0 Å². The van der Waals surface area contributed by atoms with Gasteiger partial charge in [-0.15, -0.1) is 0 Å². The van der Waals surface area contributed by atoms with Crippen LogP contribution in [0.1, 0.15) is 0 Å². The highest BCUT2D eigenvalue weighted by Crippen LogP contribution is 2.52. The Balaban J connectivity index is 1.27. The zero-order valence-corrected chi connectivity index (χ0v) is 26.2. The van der Waals surface area contributed by atoms with E-state index in [2.05, 4.69) is 170 Å². The third-order valence-corrected chi connectivity index (χ3v) is 10.8. The SMILES string of the molecule is c1ccc2c(c1)-c1ccc3c(ccc4c5ccccc5ccc34)c1-c1ccccc1-c1ccc3c(ccc4c5ccccc5ccc34)c1-2. The van der Waals surface area contributed by atoms with Crippen molar-refractivity contribution >= 4 is 64.6 Å². The number of fused-ring (bicyclic) bond motifs is 20. The highest BCUT2D eigenvalue weighted by molar-refractivity contribution is 6.25. The molecule has 0 nitrogen and oxygen atoms in total. The van der Waals surface area contributed by atoms with E-state index in [9.17, 15) is 0 Å². The first kappa shape index (κ1) is 25.9. The maximum atomic E-state index is 2.37. The molecule has 0 amide bonds. The zero-order chi connectivity index (χ0) is 31.3. The summed E-state index contributed by atoms with van der Waals surface area (Å²) in [5, 5.41) is 15.5. The van der Waals surface area contributed by atoms with Gasteiger partial charge >= 0.3 is 0 Å². The fraction of sp³-hybridized carbons (Fsp3) is 0. The first-order chi connectivity index (χ1) is 23.8. The van der Waals surface area contributed by atoms with Crippen molar-refractivity contribution in [2.45, 2.75) is 0 Å².